The largest absolute Gasteiger partial charge is 0.338 e. The Morgan fingerprint density at radius 2 is 1.76 bits per heavy atom. The summed E-state index contributed by atoms with van der Waals surface area (Å²) in [6, 6.07) is 11.7. The molecular formula is C25H31ClN4O3S. The molecule has 2 aromatic carbocycles. The summed E-state index contributed by atoms with van der Waals surface area (Å²) in [5.74, 6) is -0.180. The van der Waals surface area contributed by atoms with Gasteiger partial charge in [-0.15, -0.1) is 0 Å². The lowest BCUT2D eigenvalue weighted by Crippen LogP contribution is -2.58. The van der Waals surface area contributed by atoms with Crippen LogP contribution >= 0.6 is 11.6 Å². The normalized spacial score (nSPS) is 20.9. The first-order valence-corrected chi connectivity index (χ1v) is 13.7. The van der Waals surface area contributed by atoms with Crippen LogP contribution in [0.4, 0.5) is 0 Å². The van der Waals surface area contributed by atoms with Gasteiger partial charge in [0, 0.05) is 36.7 Å². The van der Waals surface area contributed by atoms with Gasteiger partial charge in [-0.05, 0) is 74.6 Å². The number of carbonyl (C=O) groups excluding carboxylic acids is 1. The highest BCUT2D eigenvalue weighted by atomic mass is 35.5. The molecule has 2 aliphatic rings. The van der Waals surface area contributed by atoms with Crippen molar-refractivity contribution >= 4 is 38.3 Å². The molecular weight excluding hydrogens is 472 g/mol. The second kappa shape index (κ2) is 10.2. The van der Waals surface area contributed by atoms with Crippen molar-refractivity contribution in [1.29, 1.82) is 5.26 Å². The van der Waals surface area contributed by atoms with E-state index in [-0.39, 0.29) is 23.4 Å². The van der Waals surface area contributed by atoms with Crippen LogP contribution in [-0.2, 0) is 14.8 Å². The van der Waals surface area contributed by atoms with E-state index < -0.39 is 16.1 Å². The number of carbonyl (C=O) groups is 1. The summed E-state index contributed by atoms with van der Waals surface area (Å²) < 4.78 is 28.4. The van der Waals surface area contributed by atoms with Crippen molar-refractivity contribution in [3.63, 3.8) is 0 Å². The van der Waals surface area contributed by atoms with Gasteiger partial charge in [-0.25, -0.2) is 8.42 Å². The fourth-order valence-electron chi connectivity index (χ4n) is 5.15. The molecule has 2 saturated heterocycles. The molecule has 0 saturated carbocycles. The molecule has 1 unspecified atom stereocenters. The summed E-state index contributed by atoms with van der Waals surface area (Å²) in [6.45, 7) is 6.48. The van der Waals surface area contributed by atoms with E-state index in [0.717, 1.165) is 41.0 Å². The number of benzene rings is 2. The summed E-state index contributed by atoms with van der Waals surface area (Å²) >= 11 is 6.05. The van der Waals surface area contributed by atoms with Crippen LogP contribution in [0.25, 0.3) is 10.8 Å². The molecule has 1 amide bonds. The number of nitrogens with zero attached hydrogens (tertiary/aromatic N) is 4. The Bertz CT molecular complexity index is 1200. The van der Waals surface area contributed by atoms with E-state index in [0.29, 0.717) is 30.5 Å². The van der Waals surface area contributed by atoms with E-state index in [1.54, 1.807) is 30.3 Å². The van der Waals surface area contributed by atoms with Crippen molar-refractivity contribution in [2.45, 2.75) is 62.6 Å². The zero-order valence-corrected chi connectivity index (χ0v) is 21.2. The minimum atomic E-state index is -4.05. The molecule has 0 aliphatic carbocycles. The molecule has 9 heteroatoms. The molecule has 0 aromatic heterocycles. The van der Waals surface area contributed by atoms with Crippen LogP contribution in [0.3, 0.4) is 0 Å². The number of piperidine rings is 2. The highest BCUT2D eigenvalue weighted by Crippen LogP contribution is 2.30. The Hall–Kier alpha value is -2.18. The summed E-state index contributed by atoms with van der Waals surface area (Å²) in [5.41, 5.74) is 0. The van der Waals surface area contributed by atoms with Crippen molar-refractivity contribution in [3.05, 3.63) is 41.4 Å². The zero-order chi connectivity index (χ0) is 24.5. The second-order valence-electron chi connectivity index (χ2n) is 9.41. The molecule has 182 valence electrons. The number of amides is 1. The molecule has 0 spiro atoms. The van der Waals surface area contributed by atoms with Gasteiger partial charge in [0.15, 0.2) is 0 Å². The highest BCUT2D eigenvalue weighted by Gasteiger charge is 2.42. The third-order valence-corrected chi connectivity index (χ3v) is 9.16. The van der Waals surface area contributed by atoms with Gasteiger partial charge in [0.05, 0.1) is 11.0 Å². The predicted molar refractivity (Wildman–Crippen MR) is 133 cm³/mol. The smallest absolute Gasteiger partial charge is 0.244 e. The van der Waals surface area contributed by atoms with Crippen LogP contribution in [0.2, 0.25) is 5.02 Å². The van der Waals surface area contributed by atoms with Gasteiger partial charge >= 0.3 is 0 Å². The number of fused-ring (bicyclic) bond motifs is 1. The molecule has 0 bridgehead atoms. The van der Waals surface area contributed by atoms with E-state index in [1.165, 1.54) is 6.07 Å². The van der Waals surface area contributed by atoms with Crippen LogP contribution in [-0.4, -0.2) is 72.7 Å². The molecule has 1 atom stereocenters. The first-order valence-electron chi connectivity index (χ1n) is 11.8. The van der Waals surface area contributed by atoms with Gasteiger partial charge in [0.1, 0.15) is 12.6 Å². The second-order valence-corrected chi connectivity index (χ2v) is 11.7. The summed E-state index contributed by atoms with van der Waals surface area (Å²) in [4.78, 5) is 17.9. The summed E-state index contributed by atoms with van der Waals surface area (Å²) in [6.07, 6.45) is 2.91. The van der Waals surface area contributed by atoms with Crippen molar-refractivity contribution in [2.24, 2.45) is 0 Å². The lowest BCUT2D eigenvalue weighted by molar-refractivity contribution is -0.141. The van der Waals surface area contributed by atoms with Crippen molar-refractivity contribution in [2.75, 3.05) is 26.2 Å². The zero-order valence-electron chi connectivity index (χ0n) is 19.7. The molecule has 34 heavy (non-hydrogen) atoms. The van der Waals surface area contributed by atoms with Crippen LogP contribution < -0.4 is 0 Å². The molecule has 0 radical (unpaired) electrons. The van der Waals surface area contributed by atoms with E-state index in [9.17, 15) is 18.5 Å². The number of likely N-dealkylation sites (tertiary alicyclic amines) is 2. The standard InChI is InChI=1S/C25H31ClN4O3S/c1-18(2)28-13-9-22(10-14-28)29-12-3-4-24(25(29)31)30(15-11-27)34(32,33)23-8-6-19-16-21(26)7-5-20(19)17-23/h5-8,16-18,22,24H,3-4,9-10,12-15H2,1-2H3. The Kier molecular flexibility index (Phi) is 7.48. The molecule has 7 nitrogen and oxygen atoms in total. The van der Waals surface area contributed by atoms with Crippen LogP contribution in [0.15, 0.2) is 41.3 Å². The topological polar surface area (TPSA) is 84.7 Å². The maximum absolute atomic E-state index is 13.6. The molecule has 4 rings (SSSR count). The molecule has 2 aliphatic heterocycles. The number of sulfonamides is 1. The highest BCUT2D eigenvalue weighted by molar-refractivity contribution is 7.89. The van der Waals surface area contributed by atoms with E-state index in [2.05, 4.69) is 18.7 Å². The number of nitriles is 1. The Morgan fingerprint density at radius 3 is 2.44 bits per heavy atom. The maximum atomic E-state index is 13.6. The average Bonchev–Trinajstić information content (AvgIpc) is 2.82. The monoisotopic (exact) mass is 502 g/mol. The Balaban J connectivity index is 1.59. The summed E-state index contributed by atoms with van der Waals surface area (Å²) in [7, 11) is -4.05. The van der Waals surface area contributed by atoms with Gasteiger partial charge in [0.25, 0.3) is 0 Å². The predicted octanol–water partition coefficient (Wildman–Crippen LogP) is 3.87. The van der Waals surface area contributed by atoms with E-state index >= 15 is 0 Å². The number of hydrogen-bond acceptors (Lipinski definition) is 5. The first kappa shape index (κ1) is 24.9. The van der Waals surface area contributed by atoms with Crippen molar-refractivity contribution in [1.82, 2.24) is 14.1 Å². The Labute approximate surface area is 206 Å². The van der Waals surface area contributed by atoms with Gasteiger partial charge in [-0.3, -0.25) is 4.79 Å². The molecule has 0 N–H and O–H groups in total. The fourth-order valence-corrected chi connectivity index (χ4v) is 6.87. The number of rotatable bonds is 6. The van der Waals surface area contributed by atoms with E-state index in [4.69, 9.17) is 11.6 Å². The van der Waals surface area contributed by atoms with Crippen LogP contribution in [0.1, 0.15) is 39.5 Å². The SMILES string of the molecule is CC(C)N1CCC(N2CCCC(N(CC#N)S(=O)(=O)c3ccc4cc(Cl)ccc4c3)C2=O)CC1. The van der Waals surface area contributed by atoms with Crippen LogP contribution in [0, 0.1) is 11.3 Å². The molecule has 2 fully saturated rings. The lowest BCUT2D eigenvalue weighted by atomic mass is 9.96. The fraction of sp³-hybridized carbons (Fsp3) is 0.520. The third kappa shape index (κ3) is 4.94. The third-order valence-electron chi connectivity index (χ3n) is 7.07. The van der Waals surface area contributed by atoms with Crippen molar-refractivity contribution in [3.8, 4) is 6.07 Å². The minimum absolute atomic E-state index is 0.0766. The maximum Gasteiger partial charge on any atom is 0.244 e. The summed E-state index contributed by atoms with van der Waals surface area (Å²) in [5, 5.41) is 11.6. The average molecular weight is 503 g/mol. The van der Waals surface area contributed by atoms with Crippen molar-refractivity contribution < 1.29 is 13.2 Å². The number of halogens is 1. The first-order chi connectivity index (χ1) is 16.2. The van der Waals surface area contributed by atoms with Gasteiger partial charge in [0.2, 0.25) is 15.9 Å². The molecule has 2 aromatic rings. The van der Waals surface area contributed by atoms with Gasteiger partial charge in [-0.2, -0.15) is 9.57 Å². The van der Waals surface area contributed by atoms with Gasteiger partial charge < -0.3 is 9.80 Å². The quantitative estimate of drug-likeness (QED) is 0.560. The van der Waals surface area contributed by atoms with Gasteiger partial charge in [-0.1, -0.05) is 23.7 Å². The lowest BCUT2D eigenvalue weighted by Gasteiger charge is -2.44. The minimum Gasteiger partial charge on any atom is -0.338 e. The van der Waals surface area contributed by atoms with Crippen LogP contribution in [0.5, 0.6) is 0 Å². The molecule has 2 heterocycles. The number of hydrogen-bond donors (Lipinski definition) is 0. The Morgan fingerprint density at radius 1 is 1.09 bits per heavy atom. The van der Waals surface area contributed by atoms with E-state index in [1.807, 2.05) is 11.0 Å².